The quantitative estimate of drug-likeness (QED) is 0.605. The minimum absolute atomic E-state index is 0.167. The highest BCUT2D eigenvalue weighted by atomic mass is 16.5. The minimum atomic E-state index is -0.329. The molecular weight excluding hydrogens is 234 g/mol. The molecule has 104 valence electrons. The summed E-state index contributed by atoms with van der Waals surface area (Å²) in [6, 6.07) is 0. The molecular formula is C13H23NO4. The van der Waals surface area contributed by atoms with Crippen molar-refractivity contribution < 1.29 is 19.4 Å². The van der Waals surface area contributed by atoms with Crippen molar-refractivity contribution in [2.75, 3.05) is 6.54 Å². The molecule has 1 fully saturated rings. The number of ether oxygens (including phenoxy) is 1. The maximum absolute atomic E-state index is 10.7. The molecule has 0 aliphatic carbocycles. The average molecular weight is 257 g/mol. The summed E-state index contributed by atoms with van der Waals surface area (Å²) in [6.45, 7) is 12.3. The number of esters is 1. The van der Waals surface area contributed by atoms with Gasteiger partial charge in [0.2, 0.25) is 5.91 Å². The summed E-state index contributed by atoms with van der Waals surface area (Å²) in [5.74, 6) is -0.120. The summed E-state index contributed by atoms with van der Waals surface area (Å²) in [5, 5.41) is 8.06. The molecule has 1 rings (SSSR count). The van der Waals surface area contributed by atoms with E-state index in [2.05, 4.69) is 17.9 Å². The predicted octanol–water partition coefficient (Wildman–Crippen LogP) is 1.83. The third kappa shape index (κ3) is 14.4. The van der Waals surface area contributed by atoms with Gasteiger partial charge in [-0.2, -0.15) is 0 Å². The first-order valence-corrected chi connectivity index (χ1v) is 5.73. The molecule has 0 spiro atoms. The largest absolute Gasteiger partial charge is 0.435 e. The zero-order valence-corrected chi connectivity index (χ0v) is 11.4. The van der Waals surface area contributed by atoms with Crippen LogP contribution in [0.15, 0.2) is 25.6 Å². The van der Waals surface area contributed by atoms with E-state index in [-0.39, 0.29) is 18.0 Å². The molecule has 0 bridgehead atoms. The summed E-state index contributed by atoms with van der Waals surface area (Å²) < 4.78 is 4.17. The Hall–Kier alpha value is -1.62. The van der Waals surface area contributed by atoms with Crippen molar-refractivity contribution in [3.63, 3.8) is 0 Å². The number of aliphatic hydroxyl groups is 1. The van der Waals surface area contributed by atoms with Crippen molar-refractivity contribution in [3.05, 3.63) is 25.6 Å². The number of carbonyl (C=O) groups excluding carboxylic acids is 2. The fraction of sp³-hybridized carbons (Fsp3) is 0.538. The number of rotatable bonds is 2. The topological polar surface area (TPSA) is 66.8 Å². The number of carbonyl (C=O) groups is 2. The summed E-state index contributed by atoms with van der Waals surface area (Å²) in [4.78, 5) is 22.1. The van der Waals surface area contributed by atoms with E-state index in [0.29, 0.717) is 6.42 Å². The van der Waals surface area contributed by atoms with Gasteiger partial charge in [-0.3, -0.25) is 9.59 Å². The van der Waals surface area contributed by atoms with Crippen LogP contribution in [0, 0.1) is 0 Å². The first-order chi connectivity index (χ1) is 8.34. The zero-order chi connectivity index (χ0) is 14.6. The number of hydrogen-bond acceptors (Lipinski definition) is 4. The van der Waals surface area contributed by atoms with Crippen molar-refractivity contribution in [2.45, 2.75) is 39.7 Å². The van der Waals surface area contributed by atoms with Crippen molar-refractivity contribution in [3.8, 4) is 0 Å². The SMILES string of the molecule is C=CN1CCCC1=O.C=COC(C)=O.CC(C)O. The molecule has 1 aliphatic heterocycles. The highest BCUT2D eigenvalue weighted by molar-refractivity contribution is 5.78. The molecule has 5 nitrogen and oxygen atoms in total. The molecule has 0 unspecified atom stereocenters. The second-order valence-electron chi connectivity index (χ2n) is 3.74. The second kappa shape index (κ2) is 11.9. The van der Waals surface area contributed by atoms with E-state index >= 15 is 0 Å². The molecule has 0 saturated carbocycles. The zero-order valence-electron chi connectivity index (χ0n) is 11.4. The smallest absolute Gasteiger partial charge is 0.307 e. The molecule has 1 N–H and O–H groups in total. The number of nitrogens with zero attached hydrogens (tertiary/aromatic N) is 1. The minimum Gasteiger partial charge on any atom is -0.435 e. The van der Waals surface area contributed by atoms with Crippen molar-refractivity contribution in [2.24, 2.45) is 0 Å². The lowest BCUT2D eigenvalue weighted by atomic mass is 10.4. The maximum atomic E-state index is 10.7. The first kappa shape index (κ1) is 18.7. The van der Waals surface area contributed by atoms with Crippen LogP contribution < -0.4 is 0 Å². The average Bonchev–Trinajstić information content (AvgIpc) is 2.63. The Kier molecular flexibility index (Phi) is 12.3. The molecule has 0 aromatic rings. The van der Waals surface area contributed by atoms with Gasteiger partial charge in [-0.15, -0.1) is 0 Å². The van der Waals surface area contributed by atoms with Gasteiger partial charge >= 0.3 is 5.97 Å². The maximum Gasteiger partial charge on any atom is 0.307 e. The monoisotopic (exact) mass is 257 g/mol. The van der Waals surface area contributed by atoms with Gasteiger partial charge in [-0.1, -0.05) is 13.2 Å². The van der Waals surface area contributed by atoms with Crippen molar-refractivity contribution in [1.82, 2.24) is 4.90 Å². The van der Waals surface area contributed by atoms with E-state index in [1.165, 1.54) is 6.92 Å². The lowest BCUT2D eigenvalue weighted by molar-refractivity contribution is -0.135. The van der Waals surface area contributed by atoms with Gasteiger partial charge in [0.05, 0.1) is 6.26 Å². The molecule has 5 heteroatoms. The third-order valence-electron chi connectivity index (χ3n) is 1.58. The molecule has 0 aromatic heterocycles. The van der Waals surface area contributed by atoms with Crippen LogP contribution in [0.2, 0.25) is 0 Å². The molecule has 1 saturated heterocycles. The molecule has 18 heavy (non-hydrogen) atoms. The number of likely N-dealkylation sites (tertiary alicyclic amines) is 1. The van der Waals surface area contributed by atoms with Gasteiger partial charge in [0.1, 0.15) is 0 Å². The number of aliphatic hydroxyl groups excluding tert-OH is 1. The van der Waals surface area contributed by atoms with Crippen molar-refractivity contribution >= 4 is 11.9 Å². The van der Waals surface area contributed by atoms with E-state index in [0.717, 1.165) is 19.2 Å². The lowest BCUT2D eigenvalue weighted by Crippen LogP contribution is -2.16. The fourth-order valence-corrected chi connectivity index (χ4v) is 0.979. The Morgan fingerprint density at radius 3 is 2.11 bits per heavy atom. The van der Waals surface area contributed by atoms with Crippen LogP contribution in [0.4, 0.5) is 0 Å². The van der Waals surface area contributed by atoms with Crippen LogP contribution in [0.3, 0.4) is 0 Å². The third-order valence-corrected chi connectivity index (χ3v) is 1.58. The van der Waals surface area contributed by atoms with Crippen LogP contribution in [-0.4, -0.2) is 34.5 Å². The van der Waals surface area contributed by atoms with Gasteiger partial charge in [-0.25, -0.2) is 0 Å². The van der Waals surface area contributed by atoms with Gasteiger partial charge in [0.25, 0.3) is 0 Å². The normalized spacial score (nSPS) is 12.9. The Balaban J connectivity index is 0. The van der Waals surface area contributed by atoms with E-state index in [4.69, 9.17) is 5.11 Å². The molecule has 1 amide bonds. The molecule has 0 atom stereocenters. The fourth-order valence-electron chi connectivity index (χ4n) is 0.979. The summed E-state index contributed by atoms with van der Waals surface area (Å²) in [6.07, 6.45) is 4.22. The van der Waals surface area contributed by atoms with E-state index in [1.54, 1.807) is 24.9 Å². The van der Waals surface area contributed by atoms with E-state index in [9.17, 15) is 9.59 Å². The van der Waals surface area contributed by atoms with Crippen LogP contribution in [-0.2, 0) is 14.3 Å². The van der Waals surface area contributed by atoms with Gasteiger partial charge < -0.3 is 14.7 Å². The Bertz CT molecular complexity index is 271. The van der Waals surface area contributed by atoms with Gasteiger partial charge in [0.15, 0.2) is 0 Å². The predicted molar refractivity (Wildman–Crippen MR) is 70.5 cm³/mol. The Morgan fingerprint density at radius 1 is 1.50 bits per heavy atom. The summed E-state index contributed by atoms with van der Waals surface area (Å²) in [7, 11) is 0. The van der Waals surface area contributed by atoms with E-state index < -0.39 is 0 Å². The lowest BCUT2D eigenvalue weighted by Gasteiger charge is -2.05. The van der Waals surface area contributed by atoms with Crippen LogP contribution in [0.25, 0.3) is 0 Å². The highest BCUT2D eigenvalue weighted by Crippen LogP contribution is 2.08. The molecule has 0 aromatic carbocycles. The molecule has 0 radical (unpaired) electrons. The van der Waals surface area contributed by atoms with Crippen LogP contribution >= 0.6 is 0 Å². The number of hydrogen-bond donors (Lipinski definition) is 1. The molecule has 1 aliphatic rings. The van der Waals surface area contributed by atoms with Gasteiger partial charge in [0, 0.05) is 26.0 Å². The summed E-state index contributed by atoms with van der Waals surface area (Å²) in [5.41, 5.74) is 0. The van der Waals surface area contributed by atoms with Crippen LogP contribution in [0.5, 0.6) is 0 Å². The number of amides is 1. The molecule has 1 heterocycles. The van der Waals surface area contributed by atoms with Crippen molar-refractivity contribution in [1.29, 1.82) is 0 Å². The summed E-state index contributed by atoms with van der Waals surface area (Å²) >= 11 is 0. The Labute approximate surface area is 109 Å². The van der Waals surface area contributed by atoms with E-state index in [1.807, 2.05) is 0 Å². The second-order valence-corrected chi connectivity index (χ2v) is 3.74. The highest BCUT2D eigenvalue weighted by Gasteiger charge is 2.15. The Morgan fingerprint density at radius 2 is 2.00 bits per heavy atom. The van der Waals surface area contributed by atoms with Gasteiger partial charge in [-0.05, 0) is 26.5 Å². The van der Waals surface area contributed by atoms with Crippen LogP contribution in [0.1, 0.15) is 33.6 Å². The standard InChI is InChI=1S/C6H9NO.C4H6O2.C3H8O/c1-2-7-5-3-4-6(7)8;1-3-6-4(2)5;1-3(2)4/h2H,1,3-5H2;3H,1H2,2H3;3-4H,1-2H3. The first-order valence-electron chi connectivity index (χ1n) is 5.73.